The quantitative estimate of drug-likeness (QED) is 0.622. The van der Waals surface area contributed by atoms with Crippen LogP contribution in [0.4, 0.5) is 0 Å². The molecule has 0 spiro atoms. The summed E-state index contributed by atoms with van der Waals surface area (Å²) in [5.41, 5.74) is 0.145. The standard InChI is InChI=1S/C12H15N3O3/c16-10-4-3-9(7-15-10)12(18)14-6-5-13-11(17)8-1-2-8/h3-4,7-8H,1-2,5-6H2,(H,13,17)(H,14,18)(H,15,16). The first-order chi connectivity index (χ1) is 8.66. The van der Waals surface area contributed by atoms with Crippen molar-refractivity contribution in [2.75, 3.05) is 13.1 Å². The molecule has 0 unspecified atom stereocenters. The number of aromatic amines is 1. The first-order valence-corrected chi connectivity index (χ1v) is 5.91. The molecule has 1 fully saturated rings. The summed E-state index contributed by atoms with van der Waals surface area (Å²) in [5.74, 6) is -0.0277. The van der Waals surface area contributed by atoms with Crippen LogP contribution in [0.2, 0.25) is 0 Å². The summed E-state index contributed by atoms with van der Waals surface area (Å²) in [5, 5.41) is 5.41. The van der Waals surface area contributed by atoms with Crippen LogP contribution in [-0.4, -0.2) is 29.9 Å². The average molecular weight is 249 g/mol. The van der Waals surface area contributed by atoms with Gasteiger partial charge in [-0.1, -0.05) is 0 Å². The van der Waals surface area contributed by atoms with Crippen molar-refractivity contribution in [2.24, 2.45) is 5.92 Å². The predicted molar refractivity (Wildman–Crippen MR) is 65.1 cm³/mol. The van der Waals surface area contributed by atoms with E-state index in [1.807, 2.05) is 0 Å². The van der Waals surface area contributed by atoms with Crippen LogP contribution in [0, 0.1) is 5.92 Å². The van der Waals surface area contributed by atoms with Gasteiger partial charge in [-0.15, -0.1) is 0 Å². The maximum absolute atomic E-state index is 11.6. The lowest BCUT2D eigenvalue weighted by molar-refractivity contribution is -0.122. The van der Waals surface area contributed by atoms with Crippen LogP contribution in [0.3, 0.4) is 0 Å². The molecule has 1 heterocycles. The van der Waals surface area contributed by atoms with E-state index in [-0.39, 0.29) is 23.3 Å². The average Bonchev–Trinajstić information content (AvgIpc) is 3.19. The minimum atomic E-state index is -0.271. The van der Waals surface area contributed by atoms with Gasteiger partial charge in [-0.3, -0.25) is 14.4 Å². The zero-order valence-corrected chi connectivity index (χ0v) is 9.86. The molecular weight excluding hydrogens is 234 g/mol. The van der Waals surface area contributed by atoms with Crippen LogP contribution in [0.5, 0.6) is 0 Å². The molecule has 1 aromatic heterocycles. The molecule has 0 aromatic carbocycles. The van der Waals surface area contributed by atoms with Gasteiger partial charge in [0.05, 0.1) is 5.56 Å². The number of H-pyrrole nitrogens is 1. The molecular formula is C12H15N3O3. The van der Waals surface area contributed by atoms with Crippen LogP contribution in [0.15, 0.2) is 23.1 Å². The molecule has 2 amide bonds. The number of rotatable bonds is 5. The van der Waals surface area contributed by atoms with Gasteiger partial charge in [-0.2, -0.15) is 0 Å². The molecule has 0 saturated heterocycles. The Balaban J connectivity index is 1.69. The zero-order valence-electron chi connectivity index (χ0n) is 9.86. The Bertz CT molecular complexity index is 485. The van der Waals surface area contributed by atoms with Gasteiger partial charge in [0.15, 0.2) is 0 Å². The Morgan fingerprint density at radius 3 is 2.56 bits per heavy atom. The maximum Gasteiger partial charge on any atom is 0.252 e. The maximum atomic E-state index is 11.6. The largest absolute Gasteiger partial charge is 0.354 e. The lowest BCUT2D eigenvalue weighted by Gasteiger charge is -2.06. The third-order valence-corrected chi connectivity index (χ3v) is 2.70. The summed E-state index contributed by atoms with van der Waals surface area (Å²) in [7, 11) is 0. The number of aromatic nitrogens is 1. The minimum absolute atomic E-state index is 0.0632. The number of pyridine rings is 1. The number of amides is 2. The Labute approximate surface area is 104 Å². The van der Waals surface area contributed by atoms with E-state index in [9.17, 15) is 14.4 Å². The number of hydrogen-bond acceptors (Lipinski definition) is 3. The third kappa shape index (κ3) is 3.44. The zero-order chi connectivity index (χ0) is 13.0. The second-order valence-electron chi connectivity index (χ2n) is 4.26. The van der Waals surface area contributed by atoms with Crippen LogP contribution >= 0.6 is 0 Å². The van der Waals surface area contributed by atoms with Gasteiger partial charge in [0, 0.05) is 31.3 Å². The second kappa shape index (κ2) is 5.48. The van der Waals surface area contributed by atoms with Crippen molar-refractivity contribution in [3.05, 3.63) is 34.2 Å². The van der Waals surface area contributed by atoms with Crippen LogP contribution in [-0.2, 0) is 4.79 Å². The van der Waals surface area contributed by atoms with Crippen LogP contribution in [0.1, 0.15) is 23.2 Å². The summed E-state index contributed by atoms with van der Waals surface area (Å²) in [4.78, 5) is 36.1. The molecule has 1 aromatic rings. The van der Waals surface area contributed by atoms with E-state index >= 15 is 0 Å². The fraction of sp³-hybridized carbons (Fsp3) is 0.417. The van der Waals surface area contributed by atoms with Crippen LogP contribution < -0.4 is 16.2 Å². The summed E-state index contributed by atoms with van der Waals surface area (Å²) in [6.07, 6.45) is 3.30. The monoisotopic (exact) mass is 249 g/mol. The van der Waals surface area contributed by atoms with Gasteiger partial charge >= 0.3 is 0 Å². The fourth-order valence-corrected chi connectivity index (χ4v) is 1.51. The summed E-state index contributed by atoms with van der Waals surface area (Å²) < 4.78 is 0. The van der Waals surface area contributed by atoms with E-state index in [1.54, 1.807) is 0 Å². The van der Waals surface area contributed by atoms with Crippen molar-refractivity contribution in [3.8, 4) is 0 Å². The van der Waals surface area contributed by atoms with E-state index in [4.69, 9.17) is 0 Å². The molecule has 0 atom stereocenters. The van der Waals surface area contributed by atoms with E-state index in [0.717, 1.165) is 12.8 Å². The fourth-order valence-electron chi connectivity index (χ4n) is 1.51. The Morgan fingerprint density at radius 2 is 1.94 bits per heavy atom. The molecule has 0 aliphatic heterocycles. The van der Waals surface area contributed by atoms with Crippen molar-refractivity contribution < 1.29 is 9.59 Å². The first-order valence-electron chi connectivity index (χ1n) is 5.91. The van der Waals surface area contributed by atoms with Gasteiger partial charge in [0.1, 0.15) is 0 Å². The Morgan fingerprint density at radius 1 is 1.22 bits per heavy atom. The Hall–Kier alpha value is -2.11. The molecule has 2 rings (SSSR count). The first kappa shape index (κ1) is 12.3. The van der Waals surface area contributed by atoms with Crippen molar-refractivity contribution >= 4 is 11.8 Å². The topological polar surface area (TPSA) is 91.1 Å². The molecule has 6 heteroatoms. The number of carbonyl (C=O) groups excluding carboxylic acids is 2. The van der Waals surface area contributed by atoms with Crippen LogP contribution in [0.25, 0.3) is 0 Å². The molecule has 0 bridgehead atoms. The smallest absolute Gasteiger partial charge is 0.252 e. The van der Waals surface area contributed by atoms with E-state index < -0.39 is 0 Å². The van der Waals surface area contributed by atoms with Gasteiger partial charge in [-0.05, 0) is 18.9 Å². The molecule has 96 valence electrons. The molecule has 1 aliphatic carbocycles. The highest BCUT2D eigenvalue weighted by Gasteiger charge is 2.28. The number of nitrogens with one attached hydrogen (secondary N) is 3. The summed E-state index contributed by atoms with van der Waals surface area (Å²) >= 11 is 0. The van der Waals surface area contributed by atoms with E-state index in [2.05, 4.69) is 15.6 Å². The molecule has 1 aliphatic rings. The summed E-state index contributed by atoms with van der Waals surface area (Å²) in [6, 6.07) is 2.75. The summed E-state index contributed by atoms with van der Waals surface area (Å²) in [6.45, 7) is 0.793. The Kier molecular flexibility index (Phi) is 3.76. The molecule has 18 heavy (non-hydrogen) atoms. The van der Waals surface area contributed by atoms with E-state index in [0.29, 0.717) is 18.7 Å². The minimum Gasteiger partial charge on any atom is -0.354 e. The number of carbonyl (C=O) groups is 2. The second-order valence-corrected chi connectivity index (χ2v) is 4.26. The van der Waals surface area contributed by atoms with E-state index in [1.165, 1.54) is 18.3 Å². The van der Waals surface area contributed by atoms with Crippen molar-refractivity contribution in [1.29, 1.82) is 0 Å². The highest BCUT2D eigenvalue weighted by Crippen LogP contribution is 2.28. The predicted octanol–water partition coefficient (Wildman–Crippen LogP) is -0.369. The van der Waals surface area contributed by atoms with Crippen molar-refractivity contribution in [3.63, 3.8) is 0 Å². The SMILES string of the molecule is O=C(NCCNC(=O)C1CC1)c1ccc(=O)[nH]c1. The molecule has 6 nitrogen and oxygen atoms in total. The van der Waals surface area contributed by atoms with Crippen molar-refractivity contribution in [2.45, 2.75) is 12.8 Å². The van der Waals surface area contributed by atoms with Gasteiger partial charge in [0.25, 0.3) is 5.91 Å². The van der Waals surface area contributed by atoms with Gasteiger partial charge < -0.3 is 15.6 Å². The number of hydrogen-bond donors (Lipinski definition) is 3. The van der Waals surface area contributed by atoms with Gasteiger partial charge in [-0.25, -0.2) is 0 Å². The van der Waals surface area contributed by atoms with Crippen molar-refractivity contribution in [1.82, 2.24) is 15.6 Å². The highest BCUT2D eigenvalue weighted by molar-refractivity contribution is 5.93. The lowest BCUT2D eigenvalue weighted by Crippen LogP contribution is -2.35. The molecule has 1 saturated carbocycles. The third-order valence-electron chi connectivity index (χ3n) is 2.70. The normalized spacial score (nSPS) is 14.0. The lowest BCUT2D eigenvalue weighted by atomic mass is 10.2. The highest BCUT2D eigenvalue weighted by atomic mass is 16.2. The van der Waals surface area contributed by atoms with Gasteiger partial charge in [0.2, 0.25) is 11.5 Å². The molecule has 3 N–H and O–H groups in total. The molecule has 0 radical (unpaired) electrons.